The van der Waals surface area contributed by atoms with E-state index in [1.165, 1.54) is 0 Å². The van der Waals surface area contributed by atoms with Gasteiger partial charge in [-0.1, -0.05) is 18.2 Å². The number of aldehydes is 1. The van der Waals surface area contributed by atoms with Crippen LogP contribution in [0.1, 0.15) is 23.2 Å². The van der Waals surface area contributed by atoms with E-state index in [1.807, 2.05) is 18.2 Å². The van der Waals surface area contributed by atoms with Crippen LogP contribution in [-0.4, -0.2) is 24.3 Å². The molecule has 1 aliphatic rings. The summed E-state index contributed by atoms with van der Waals surface area (Å²) in [6, 6.07) is 12.4. The molecule has 0 atom stereocenters. The fourth-order valence-electron chi connectivity index (χ4n) is 2.86. The van der Waals surface area contributed by atoms with Crippen molar-refractivity contribution in [1.29, 1.82) is 0 Å². The lowest BCUT2D eigenvalue weighted by Crippen LogP contribution is -2.18. The SMILES string of the molecule is O=Cc1cccc(-c2ccc([N+](=O)[O-])c(N3CCCC3)c2)c1. The van der Waals surface area contributed by atoms with Crippen LogP contribution < -0.4 is 4.90 Å². The van der Waals surface area contributed by atoms with Crippen LogP contribution in [-0.2, 0) is 0 Å². The minimum atomic E-state index is -0.334. The number of nitro benzene ring substituents is 1. The highest BCUT2D eigenvalue weighted by Gasteiger charge is 2.22. The number of nitrogens with zero attached hydrogens (tertiary/aromatic N) is 2. The summed E-state index contributed by atoms with van der Waals surface area (Å²) in [5.74, 6) is 0. The third-order valence-electron chi connectivity index (χ3n) is 3.97. The number of hydrogen-bond donors (Lipinski definition) is 0. The Morgan fingerprint density at radius 1 is 1.05 bits per heavy atom. The molecular weight excluding hydrogens is 280 g/mol. The molecule has 1 heterocycles. The maximum absolute atomic E-state index is 11.3. The van der Waals surface area contributed by atoms with Gasteiger partial charge in [-0.3, -0.25) is 14.9 Å². The van der Waals surface area contributed by atoms with E-state index in [4.69, 9.17) is 0 Å². The molecule has 22 heavy (non-hydrogen) atoms. The molecule has 0 aliphatic carbocycles. The molecule has 1 aliphatic heterocycles. The van der Waals surface area contributed by atoms with Gasteiger partial charge in [0.25, 0.3) is 5.69 Å². The predicted octanol–water partition coefficient (Wildman–Crippen LogP) is 3.67. The highest BCUT2D eigenvalue weighted by atomic mass is 16.6. The fraction of sp³-hybridized carbons (Fsp3) is 0.235. The summed E-state index contributed by atoms with van der Waals surface area (Å²) in [6.07, 6.45) is 2.92. The number of benzene rings is 2. The van der Waals surface area contributed by atoms with Gasteiger partial charge < -0.3 is 4.90 Å². The van der Waals surface area contributed by atoms with Crippen molar-refractivity contribution in [3.63, 3.8) is 0 Å². The van der Waals surface area contributed by atoms with E-state index >= 15 is 0 Å². The molecule has 0 amide bonds. The highest BCUT2D eigenvalue weighted by Crippen LogP contribution is 2.35. The average Bonchev–Trinajstić information content (AvgIpc) is 3.08. The molecule has 1 fully saturated rings. The largest absolute Gasteiger partial charge is 0.366 e. The highest BCUT2D eigenvalue weighted by molar-refractivity contribution is 5.81. The quantitative estimate of drug-likeness (QED) is 0.490. The van der Waals surface area contributed by atoms with E-state index in [0.29, 0.717) is 11.3 Å². The van der Waals surface area contributed by atoms with Gasteiger partial charge in [0, 0.05) is 24.7 Å². The van der Waals surface area contributed by atoms with Crippen LogP contribution in [0.4, 0.5) is 11.4 Å². The van der Waals surface area contributed by atoms with Gasteiger partial charge in [-0.05, 0) is 42.2 Å². The topological polar surface area (TPSA) is 63.4 Å². The lowest BCUT2D eigenvalue weighted by Gasteiger charge is -2.18. The Kier molecular flexibility index (Phi) is 3.87. The molecule has 112 valence electrons. The Morgan fingerprint density at radius 2 is 1.77 bits per heavy atom. The van der Waals surface area contributed by atoms with E-state index in [1.54, 1.807) is 24.3 Å². The summed E-state index contributed by atoms with van der Waals surface area (Å²) in [5, 5.41) is 11.3. The lowest BCUT2D eigenvalue weighted by molar-refractivity contribution is -0.384. The zero-order valence-electron chi connectivity index (χ0n) is 12.1. The first-order valence-electron chi connectivity index (χ1n) is 7.28. The first-order chi connectivity index (χ1) is 10.7. The number of anilines is 1. The number of carbonyl (C=O) groups excluding carboxylic acids is 1. The van der Waals surface area contributed by atoms with E-state index in [9.17, 15) is 14.9 Å². The third kappa shape index (κ3) is 2.70. The fourth-order valence-corrected chi connectivity index (χ4v) is 2.86. The van der Waals surface area contributed by atoms with Crippen molar-refractivity contribution >= 4 is 17.7 Å². The summed E-state index contributed by atoms with van der Waals surface area (Å²) >= 11 is 0. The van der Waals surface area contributed by atoms with Crippen molar-refractivity contribution in [3.05, 3.63) is 58.1 Å². The summed E-state index contributed by atoms with van der Waals surface area (Å²) in [7, 11) is 0. The maximum atomic E-state index is 11.3. The normalized spacial score (nSPS) is 14.1. The summed E-state index contributed by atoms with van der Waals surface area (Å²) in [4.78, 5) is 23.9. The molecule has 1 saturated heterocycles. The molecule has 0 unspecified atom stereocenters. The van der Waals surface area contributed by atoms with Gasteiger partial charge in [0.2, 0.25) is 0 Å². The van der Waals surface area contributed by atoms with E-state index in [2.05, 4.69) is 4.90 Å². The smallest absolute Gasteiger partial charge is 0.292 e. The van der Waals surface area contributed by atoms with Crippen LogP contribution in [0.15, 0.2) is 42.5 Å². The zero-order chi connectivity index (χ0) is 15.5. The van der Waals surface area contributed by atoms with Crippen LogP contribution in [0.2, 0.25) is 0 Å². The Balaban J connectivity index is 2.07. The Bertz CT molecular complexity index is 722. The molecule has 0 saturated carbocycles. The van der Waals surface area contributed by atoms with Crippen LogP contribution in [0.25, 0.3) is 11.1 Å². The minimum absolute atomic E-state index is 0.136. The molecule has 0 aromatic heterocycles. The lowest BCUT2D eigenvalue weighted by atomic mass is 10.0. The number of nitro groups is 1. The van der Waals surface area contributed by atoms with Crippen LogP contribution in [0, 0.1) is 10.1 Å². The van der Waals surface area contributed by atoms with Gasteiger partial charge in [-0.15, -0.1) is 0 Å². The van der Waals surface area contributed by atoms with Crippen molar-refractivity contribution in [2.24, 2.45) is 0 Å². The average molecular weight is 296 g/mol. The Labute approximate surface area is 128 Å². The molecule has 3 rings (SSSR count). The van der Waals surface area contributed by atoms with Crippen LogP contribution in [0.5, 0.6) is 0 Å². The summed E-state index contributed by atoms with van der Waals surface area (Å²) in [5.41, 5.74) is 3.17. The van der Waals surface area contributed by atoms with Gasteiger partial charge >= 0.3 is 0 Å². The minimum Gasteiger partial charge on any atom is -0.366 e. The standard InChI is InChI=1S/C17H16N2O3/c20-12-13-4-3-5-14(10-13)15-6-7-16(19(21)22)17(11-15)18-8-1-2-9-18/h3-7,10-12H,1-2,8-9H2. The number of hydrogen-bond acceptors (Lipinski definition) is 4. The van der Waals surface area contributed by atoms with Gasteiger partial charge in [-0.2, -0.15) is 0 Å². The van der Waals surface area contributed by atoms with Crippen LogP contribution in [0.3, 0.4) is 0 Å². The second-order valence-electron chi connectivity index (χ2n) is 5.40. The first kappa shape index (κ1) is 14.3. The van der Waals surface area contributed by atoms with Crippen molar-refractivity contribution in [3.8, 4) is 11.1 Å². The molecule has 5 nitrogen and oxygen atoms in total. The van der Waals surface area contributed by atoms with Gasteiger partial charge in [0.15, 0.2) is 0 Å². The molecule has 2 aromatic rings. The van der Waals surface area contributed by atoms with Crippen molar-refractivity contribution in [2.45, 2.75) is 12.8 Å². The molecule has 0 bridgehead atoms. The molecule has 2 aromatic carbocycles. The monoisotopic (exact) mass is 296 g/mol. The molecule has 0 spiro atoms. The molecule has 0 N–H and O–H groups in total. The summed E-state index contributed by atoms with van der Waals surface area (Å²) < 4.78 is 0. The first-order valence-corrected chi connectivity index (χ1v) is 7.28. The third-order valence-corrected chi connectivity index (χ3v) is 3.97. The predicted molar refractivity (Wildman–Crippen MR) is 85.4 cm³/mol. The van der Waals surface area contributed by atoms with E-state index in [-0.39, 0.29) is 10.6 Å². The molecular formula is C17H16N2O3. The van der Waals surface area contributed by atoms with Gasteiger partial charge in [0.05, 0.1) is 4.92 Å². The zero-order valence-corrected chi connectivity index (χ0v) is 12.1. The van der Waals surface area contributed by atoms with Crippen molar-refractivity contribution < 1.29 is 9.72 Å². The number of rotatable bonds is 4. The number of carbonyl (C=O) groups is 1. The van der Waals surface area contributed by atoms with E-state index in [0.717, 1.165) is 43.3 Å². The summed E-state index contributed by atoms with van der Waals surface area (Å²) in [6.45, 7) is 1.69. The molecule has 5 heteroatoms. The van der Waals surface area contributed by atoms with Crippen LogP contribution >= 0.6 is 0 Å². The molecule has 0 radical (unpaired) electrons. The second kappa shape index (κ2) is 5.97. The van der Waals surface area contributed by atoms with Crippen molar-refractivity contribution in [1.82, 2.24) is 0 Å². The maximum Gasteiger partial charge on any atom is 0.292 e. The Morgan fingerprint density at radius 3 is 2.45 bits per heavy atom. The van der Waals surface area contributed by atoms with Gasteiger partial charge in [0.1, 0.15) is 12.0 Å². The van der Waals surface area contributed by atoms with Crippen molar-refractivity contribution in [2.75, 3.05) is 18.0 Å². The Hall–Kier alpha value is -2.69. The second-order valence-corrected chi connectivity index (χ2v) is 5.40. The van der Waals surface area contributed by atoms with Gasteiger partial charge in [-0.25, -0.2) is 0 Å². The van der Waals surface area contributed by atoms with E-state index < -0.39 is 0 Å².